The smallest absolute Gasteiger partial charge is 0.321 e. The van der Waals surface area contributed by atoms with Crippen molar-refractivity contribution in [1.29, 1.82) is 0 Å². The molecule has 0 amide bonds. The maximum atomic E-state index is 11.5. The summed E-state index contributed by atoms with van der Waals surface area (Å²) >= 11 is 0. The van der Waals surface area contributed by atoms with Crippen LogP contribution in [0.1, 0.15) is 32.1 Å². The number of rotatable bonds is 1. The molecule has 1 aliphatic carbocycles. The minimum absolute atomic E-state index is 0.0410. The number of hydrogen-bond acceptors (Lipinski definition) is 4. The fraction of sp³-hybridized carbons (Fsp3) is 0.727. The summed E-state index contributed by atoms with van der Waals surface area (Å²) in [7, 11) is 0. The van der Waals surface area contributed by atoms with Crippen LogP contribution in [0.2, 0.25) is 0 Å². The van der Waals surface area contributed by atoms with Gasteiger partial charge in [0, 0.05) is 18.8 Å². The zero-order valence-corrected chi connectivity index (χ0v) is 8.85. The van der Waals surface area contributed by atoms with Crippen molar-refractivity contribution in [2.45, 2.75) is 38.2 Å². The third kappa shape index (κ3) is 1.94. The third-order valence-electron chi connectivity index (χ3n) is 3.35. The molecule has 3 atom stereocenters. The molecule has 1 saturated carbocycles. The maximum absolute atomic E-state index is 11.5. The first-order chi connectivity index (χ1) is 7.59. The fourth-order valence-electron chi connectivity index (χ4n) is 2.54. The SMILES string of the molecule is O=C1CCCC[C@H]2OC(=O)[C@@H](C(=O)O)[C@@H]2C1. The van der Waals surface area contributed by atoms with Crippen molar-refractivity contribution in [3.63, 3.8) is 0 Å². The number of carboxylic acids is 1. The highest BCUT2D eigenvalue weighted by Gasteiger charge is 2.49. The Labute approximate surface area is 92.8 Å². The molecular weight excluding hydrogens is 212 g/mol. The number of ether oxygens (including phenoxy) is 1. The summed E-state index contributed by atoms with van der Waals surface area (Å²) in [5.41, 5.74) is 0. The van der Waals surface area contributed by atoms with Gasteiger partial charge >= 0.3 is 11.9 Å². The van der Waals surface area contributed by atoms with E-state index in [9.17, 15) is 14.4 Å². The summed E-state index contributed by atoms with van der Waals surface area (Å²) in [5.74, 6) is -3.42. The van der Waals surface area contributed by atoms with Crippen LogP contribution in [0.3, 0.4) is 0 Å². The van der Waals surface area contributed by atoms with Gasteiger partial charge in [-0.3, -0.25) is 14.4 Å². The van der Waals surface area contributed by atoms with Gasteiger partial charge in [-0.1, -0.05) is 0 Å². The van der Waals surface area contributed by atoms with Crippen LogP contribution in [0.4, 0.5) is 0 Å². The van der Waals surface area contributed by atoms with Crippen LogP contribution in [0.25, 0.3) is 0 Å². The van der Waals surface area contributed by atoms with E-state index in [4.69, 9.17) is 9.84 Å². The second kappa shape index (κ2) is 4.23. The molecule has 0 aromatic heterocycles. The second-order valence-corrected chi connectivity index (χ2v) is 4.44. The highest BCUT2D eigenvalue weighted by Crippen LogP contribution is 2.36. The molecule has 2 rings (SSSR count). The summed E-state index contributed by atoms with van der Waals surface area (Å²) in [4.78, 5) is 33.9. The van der Waals surface area contributed by atoms with E-state index in [1.807, 2.05) is 0 Å². The first-order valence-corrected chi connectivity index (χ1v) is 5.54. The molecular formula is C11H14O5. The second-order valence-electron chi connectivity index (χ2n) is 4.44. The molecule has 5 nitrogen and oxygen atoms in total. The van der Waals surface area contributed by atoms with Crippen molar-refractivity contribution in [3.05, 3.63) is 0 Å². The molecule has 0 bridgehead atoms. The quantitative estimate of drug-likeness (QED) is 0.527. The highest BCUT2D eigenvalue weighted by molar-refractivity contribution is 5.96. The molecule has 2 aliphatic rings. The fourth-order valence-corrected chi connectivity index (χ4v) is 2.54. The van der Waals surface area contributed by atoms with Crippen LogP contribution in [0, 0.1) is 11.8 Å². The number of Topliss-reactive ketones (excluding diaryl/α,β-unsaturated/α-hetero) is 1. The van der Waals surface area contributed by atoms with Crippen molar-refractivity contribution in [2.24, 2.45) is 11.8 Å². The predicted octanol–water partition coefficient (Wildman–Crippen LogP) is 0.762. The van der Waals surface area contributed by atoms with Crippen molar-refractivity contribution < 1.29 is 24.2 Å². The van der Waals surface area contributed by atoms with Crippen molar-refractivity contribution in [2.75, 3.05) is 0 Å². The van der Waals surface area contributed by atoms with Gasteiger partial charge in [-0.2, -0.15) is 0 Å². The van der Waals surface area contributed by atoms with Crippen LogP contribution >= 0.6 is 0 Å². The molecule has 2 fully saturated rings. The number of carbonyl (C=O) groups is 3. The molecule has 1 N–H and O–H groups in total. The largest absolute Gasteiger partial charge is 0.481 e. The number of hydrogen-bond donors (Lipinski definition) is 1. The number of aliphatic carboxylic acids is 1. The first kappa shape index (κ1) is 11.1. The van der Waals surface area contributed by atoms with Crippen LogP contribution in [0.5, 0.6) is 0 Å². The predicted molar refractivity (Wildman–Crippen MR) is 52.6 cm³/mol. The zero-order valence-electron chi connectivity index (χ0n) is 8.85. The lowest BCUT2D eigenvalue weighted by atomic mass is 9.81. The Hall–Kier alpha value is -1.39. The summed E-state index contributed by atoms with van der Waals surface area (Å²) < 4.78 is 5.05. The third-order valence-corrected chi connectivity index (χ3v) is 3.35. The van der Waals surface area contributed by atoms with Gasteiger partial charge in [-0.05, 0) is 19.3 Å². The highest BCUT2D eigenvalue weighted by atomic mass is 16.6. The van der Waals surface area contributed by atoms with Crippen LogP contribution in [-0.4, -0.2) is 28.9 Å². The number of carbonyl (C=O) groups excluding carboxylic acids is 2. The van der Waals surface area contributed by atoms with E-state index in [0.717, 1.165) is 12.8 Å². The van der Waals surface area contributed by atoms with E-state index >= 15 is 0 Å². The number of fused-ring (bicyclic) bond motifs is 1. The average Bonchev–Trinajstić information content (AvgIpc) is 2.46. The molecule has 0 aromatic carbocycles. The Bertz CT molecular complexity index is 335. The number of carboxylic acid groups (broad SMARTS) is 1. The Balaban J connectivity index is 2.20. The lowest BCUT2D eigenvalue weighted by molar-refractivity contribution is -0.153. The van der Waals surface area contributed by atoms with Gasteiger partial charge in [0.05, 0.1) is 0 Å². The molecule has 0 spiro atoms. The van der Waals surface area contributed by atoms with Gasteiger partial charge in [0.25, 0.3) is 0 Å². The van der Waals surface area contributed by atoms with Crippen LogP contribution in [-0.2, 0) is 19.1 Å². The summed E-state index contributed by atoms with van der Waals surface area (Å²) in [6.07, 6.45) is 2.56. The maximum Gasteiger partial charge on any atom is 0.321 e. The normalized spacial score (nSPS) is 34.9. The Kier molecular flexibility index (Phi) is 2.94. The molecule has 5 heteroatoms. The van der Waals surface area contributed by atoms with Gasteiger partial charge < -0.3 is 9.84 Å². The van der Waals surface area contributed by atoms with Crippen molar-refractivity contribution in [3.8, 4) is 0 Å². The number of ketones is 1. The van der Waals surface area contributed by atoms with E-state index in [2.05, 4.69) is 0 Å². The van der Waals surface area contributed by atoms with Crippen molar-refractivity contribution >= 4 is 17.7 Å². The van der Waals surface area contributed by atoms with Gasteiger partial charge in [0.15, 0.2) is 5.92 Å². The topological polar surface area (TPSA) is 80.7 Å². The lowest BCUT2D eigenvalue weighted by Gasteiger charge is -2.21. The zero-order chi connectivity index (χ0) is 11.7. The van der Waals surface area contributed by atoms with Gasteiger partial charge in [-0.15, -0.1) is 0 Å². The molecule has 16 heavy (non-hydrogen) atoms. The van der Waals surface area contributed by atoms with E-state index in [-0.39, 0.29) is 18.3 Å². The van der Waals surface area contributed by atoms with Gasteiger partial charge in [0.2, 0.25) is 0 Å². The van der Waals surface area contributed by atoms with Gasteiger partial charge in [-0.25, -0.2) is 0 Å². The van der Waals surface area contributed by atoms with E-state index in [0.29, 0.717) is 12.8 Å². The van der Waals surface area contributed by atoms with Crippen LogP contribution < -0.4 is 0 Å². The molecule has 1 aliphatic heterocycles. The van der Waals surface area contributed by atoms with E-state index < -0.39 is 23.8 Å². The van der Waals surface area contributed by atoms with Crippen molar-refractivity contribution in [1.82, 2.24) is 0 Å². The minimum Gasteiger partial charge on any atom is -0.481 e. The van der Waals surface area contributed by atoms with E-state index in [1.54, 1.807) is 0 Å². The Morgan fingerprint density at radius 3 is 2.75 bits per heavy atom. The molecule has 88 valence electrons. The Morgan fingerprint density at radius 2 is 2.06 bits per heavy atom. The van der Waals surface area contributed by atoms with E-state index in [1.165, 1.54) is 0 Å². The lowest BCUT2D eigenvalue weighted by Crippen LogP contribution is -2.30. The first-order valence-electron chi connectivity index (χ1n) is 5.54. The molecule has 1 heterocycles. The molecule has 1 saturated heterocycles. The molecule has 0 unspecified atom stereocenters. The Morgan fingerprint density at radius 1 is 1.31 bits per heavy atom. The summed E-state index contributed by atoms with van der Waals surface area (Å²) in [6, 6.07) is 0. The van der Waals surface area contributed by atoms with Gasteiger partial charge in [0.1, 0.15) is 11.9 Å². The molecule has 0 aromatic rings. The monoisotopic (exact) mass is 226 g/mol. The summed E-state index contributed by atoms with van der Waals surface area (Å²) in [5, 5.41) is 8.96. The standard InChI is InChI=1S/C11H14O5/c12-6-3-1-2-4-8-7(5-6)9(10(13)14)11(15)16-8/h7-9H,1-5H2,(H,13,14)/t7-,8-,9-/m1/s1. The number of esters is 1. The minimum atomic E-state index is -1.18. The van der Waals surface area contributed by atoms with Crippen LogP contribution in [0.15, 0.2) is 0 Å². The average molecular weight is 226 g/mol. The summed E-state index contributed by atoms with van der Waals surface area (Å²) in [6.45, 7) is 0. The molecule has 0 radical (unpaired) electrons.